The molecule has 36 heavy (non-hydrogen) atoms. The van der Waals surface area contributed by atoms with Gasteiger partial charge in [0, 0.05) is 13.5 Å². The van der Waals surface area contributed by atoms with E-state index in [4.69, 9.17) is 4.98 Å². The maximum Gasteiger partial charge on any atom is 0.254 e. The first-order valence-electron chi connectivity index (χ1n) is 11.9. The lowest BCUT2D eigenvalue weighted by atomic mass is 10.0. The monoisotopic (exact) mass is 481 g/mol. The maximum atomic E-state index is 13.1. The highest BCUT2D eigenvalue weighted by Crippen LogP contribution is 2.23. The number of fused-ring (bicyclic) bond motifs is 2. The summed E-state index contributed by atoms with van der Waals surface area (Å²) in [5.74, 6) is -0.135. The third-order valence-electron chi connectivity index (χ3n) is 6.46. The first-order valence-corrected chi connectivity index (χ1v) is 11.9. The van der Waals surface area contributed by atoms with E-state index in [0.29, 0.717) is 17.7 Å². The van der Waals surface area contributed by atoms with Crippen molar-refractivity contribution >= 4 is 34.4 Å². The molecule has 3 amide bonds. The third-order valence-corrected chi connectivity index (χ3v) is 6.46. The van der Waals surface area contributed by atoms with Gasteiger partial charge in [-0.1, -0.05) is 54.6 Å². The van der Waals surface area contributed by atoms with Crippen molar-refractivity contribution in [3.8, 4) is 0 Å². The fourth-order valence-electron chi connectivity index (χ4n) is 4.59. The van der Waals surface area contributed by atoms with E-state index >= 15 is 0 Å². The summed E-state index contributed by atoms with van der Waals surface area (Å²) in [6.07, 6.45) is 0.821. The highest BCUT2D eigenvalue weighted by atomic mass is 16.2. The van der Waals surface area contributed by atoms with E-state index in [1.165, 1.54) is 0 Å². The summed E-state index contributed by atoms with van der Waals surface area (Å²) in [5, 5.41) is 8.64. The van der Waals surface area contributed by atoms with Crippen LogP contribution in [0.3, 0.4) is 0 Å². The Kier molecular flexibility index (Phi) is 6.49. The number of carbonyl (C=O) groups is 3. The lowest BCUT2D eigenvalue weighted by Crippen LogP contribution is -2.42. The van der Waals surface area contributed by atoms with E-state index < -0.39 is 6.04 Å². The van der Waals surface area contributed by atoms with Crippen LogP contribution in [0, 0.1) is 0 Å². The SMILES string of the molecule is Cn1c([C@H](Cc2ccccc2)NC(=O)CC[C@H]2NC(=O)c3ccccc3NC2=O)nc2ccccc21. The molecule has 3 N–H and O–H groups in total. The number of benzene rings is 3. The van der Waals surface area contributed by atoms with Crippen LogP contribution in [0.2, 0.25) is 0 Å². The van der Waals surface area contributed by atoms with Gasteiger partial charge in [-0.05, 0) is 42.7 Å². The van der Waals surface area contributed by atoms with Crippen LogP contribution in [0.15, 0.2) is 78.9 Å². The number of hydrogen-bond acceptors (Lipinski definition) is 4. The van der Waals surface area contributed by atoms with Gasteiger partial charge in [-0.15, -0.1) is 0 Å². The second-order valence-electron chi connectivity index (χ2n) is 8.93. The molecule has 8 nitrogen and oxygen atoms in total. The van der Waals surface area contributed by atoms with Gasteiger partial charge in [0.1, 0.15) is 11.9 Å². The van der Waals surface area contributed by atoms with Gasteiger partial charge in [0.25, 0.3) is 5.91 Å². The number of imidazole rings is 1. The largest absolute Gasteiger partial charge is 0.346 e. The summed E-state index contributed by atoms with van der Waals surface area (Å²) in [7, 11) is 1.94. The molecule has 0 fully saturated rings. The molecular formula is C28H27N5O3. The topological polar surface area (TPSA) is 105 Å². The Labute approximate surface area is 208 Å². The summed E-state index contributed by atoms with van der Waals surface area (Å²) < 4.78 is 2.00. The number of hydrogen-bond donors (Lipinski definition) is 3. The van der Waals surface area contributed by atoms with Crippen molar-refractivity contribution in [2.75, 3.05) is 5.32 Å². The fourth-order valence-corrected chi connectivity index (χ4v) is 4.59. The van der Waals surface area contributed by atoms with E-state index in [2.05, 4.69) is 16.0 Å². The zero-order valence-electron chi connectivity index (χ0n) is 19.9. The van der Waals surface area contributed by atoms with Crippen molar-refractivity contribution < 1.29 is 14.4 Å². The Morgan fingerprint density at radius 1 is 1.00 bits per heavy atom. The second kappa shape index (κ2) is 10.0. The first kappa shape index (κ1) is 23.3. The molecule has 1 aliphatic heterocycles. The van der Waals surface area contributed by atoms with Gasteiger partial charge in [-0.25, -0.2) is 4.98 Å². The summed E-state index contributed by atoms with van der Waals surface area (Å²) in [6.45, 7) is 0. The number of amides is 3. The molecule has 0 spiro atoms. The zero-order valence-corrected chi connectivity index (χ0v) is 19.9. The molecule has 0 bridgehead atoms. The van der Waals surface area contributed by atoms with Crippen LogP contribution >= 0.6 is 0 Å². The van der Waals surface area contributed by atoms with Crippen molar-refractivity contribution in [3.63, 3.8) is 0 Å². The molecule has 2 atom stereocenters. The highest BCUT2D eigenvalue weighted by molar-refractivity contribution is 6.09. The fraction of sp³-hybridized carbons (Fsp3) is 0.214. The van der Waals surface area contributed by atoms with Crippen LogP contribution in [0.5, 0.6) is 0 Å². The van der Waals surface area contributed by atoms with Gasteiger partial charge in [0.2, 0.25) is 11.8 Å². The average molecular weight is 482 g/mol. The third kappa shape index (κ3) is 4.84. The minimum atomic E-state index is -0.807. The molecule has 1 aliphatic rings. The minimum Gasteiger partial charge on any atom is -0.346 e. The minimum absolute atomic E-state index is 0.0734. The van der Waals surface area contributed by atoms with Crippen LogP contribution in [0.4, 0.5) is 5.69 Å². The lowest BCUT2D eigenvalue weighted by Gasteiger charge is -2.20. The number of anilines is 1. The molecule has 8 heteroatoms. The van der Waals surface area contributed by atoms with E-state index in [9.17, 15) is 14.4 Å². The molecule has 5 rings (SSSR count). The number of nitrogens with zero attached hydrogens (tertiary/aromatic N) is 2. The van der Waals surface area contributed by atoms with Gasteiger partial charge in [0.05, 0.1) is 28.3 Å². The number of aryl methyl sites for hydroxylation is 1. The summed E-state index contributed by atoms with van der Waals surface area (Å²) >= 11 is 0. The predicted octanol–water partition coefficient (Wildman–Crippen LogP) is 3.50. The molecule has 0 unspecified atom stereocenters. The number of aromatic nitrogens is 2. The predicted molar refractivity (Wildman–Crippen MR) is 137 cm³/mol. The van der Waals surface area contributed by atoms with Gasteiger partial charge >= 0.3 is 0 Å². The van der Waals surface area contributed by atoms with Gasteiger partial charge < -0.3 is 20.5 Å². The Morgan fingerprint density at radius 3 is 2.53 bits per heavy atom. The van der Waals surface area contributed by atoms with Crippen molar-refractivity contribution in [3.05, 3.63) is 95.8 Å². The smallest absolute Gasteiger partial charge is 0.254 e. The molecule has 1 aromatic heterocycles. The van der Waals surface area contributed by atoms with Crippen LogP contribution in [-0.2, 0) is 23.1 Å². The highest BCUT2D eigenvalue weighted by Gasteiger charge is 2.28. The summed E-state index contributed by atoms with van der Waals surface area (Å²) in [5.41, 5.74) is 3.79. The molecule has 0 saturated carbocycles. The van der Waals surface area contributed by atoms with E-state index in [1.807, 2.05) is 66.2 Å². The van der Waals surface area contributed by atoms with Crippen LogP contribution in [0.25, 0.3) is 11.0 Å². The molecule has 182 valence electrons. The molecule has 2 heterocycles. The summed E-state index contributed by atoms with van der Waals surface area (Å²) in [4.78, 5) is 43.2. The van der Waals surface area contributed by atoms with E-state index in [1.54, 1.807) is 24.3 Å². The van der Waals surface area contributed by atoms with Crippen molar-refractivity contribution in [1.82, 2.24) is 20.2 Å². The first-order chi connectivity index (χ1) is 17.5. The Hall–Kier alpha value is -4.46. The Morgan fingerprint density at radius 2 is 1.72 bits per heavy atom. The van der Waals surface area contributed by atoms with E-state index in [0.717, 1.165) is 22.4 Å². The maximum absolute atomic E-state index is 13.1. The molecule has 3 aromatic carbocycles. The molecule has 0 saturated heterocycles. The van der Waals surface area contributed by atoms with Gasteiger partial charge in [0.15, 0.2) is 0 Å². The van der Waals surface area contributed by atoms with Crippen LogP contribution in [-0.4, -0.2) is 33.3 Å². The quantitative estimate of drug-likeness (QED) is 0.376. The average Bonchev–Trinajstić information content (AvgIpc) is 3.17. The van der Waals surface area contributed by atoms with Crippen LogP contribution in [0.1, 0.15) is 40.6 Å². The van der Waals surface area contributed by atoms with Gasteiger partial charge in [-0.3, -0.25) is 14.4 Å². The standard InChI is InChI=1S/C28H27N5O3/c1-33-24-14-8-7-13-21(24)30-26(33)23(17-18-9-3-2-4-10-18)29-25(34)16-15-22-28(36)31-20-12-6-5-11-19(20)27(35)32-22/h2-14,22-23H,15-17H2,1H3,(H,29,34)(H,31,36)(H,32,35)/t22-,23+/m1/s1. The van der Waals surface area contributed by atoms with Crippen molar-refractivity contribution in [2.45, 2.75) is 31.3 Å². The van der Waals surface area contributed by atoms with Crippen molar-refractivity contribution in [1.29, 1.82) is 0 Å². The Balaban J connectivity index is 1.31. The molecule has 0 aliphatic carbocycles. The van der Waals surface area contributed by atoms with E-state index in [-0.39, 0.29) is 36.6 Å². The second-order valence-corrected chi connectivity index (χ2v) is 8.93. The number of carbonyl (C=O) groups excluding carboxylic acids is 3. The molecule has 0 radical (unpaired) electrons. The molecular weight excluding hydrogens is 454 g/mol. The molecule has 4 aromatic rings. The number of nitrogens with one attached hydrogen (secondary N) is 3. The number of rotatable bonds is 7. The number of para-hydroxylation sites is 3. The van der Waals surface area contributed by atoms with Crippen molar-refractivity contribution in [2.24, 2.45) is 7.05 Å². The summed E-state index contributed by atoms with van der Waals surface area (Å²) in [6, 6.07) is 23.5. The lowest BCUT2D eigenvalue weighted by molar-refractivity contribution is -0.122. The van der Waals surface area contributed by atoms with Gasteiger partial charge in [-0.2, -0.15) is 0 Å². The van der Waals surface area contributed by atoms with Crippen LogP contribution < -0.4 is 16.0 Å². The normalized spacial score (nSPS) is 16.0. The Bertz CT molecular complexity index is 1430. The zero-order chi connectivity index (χ0) is 25.1.